The summed E-state index contributed by atoms with van der Waals surface area (Å²) in [6.45, 7) is 0. The number of hydrogen-bond donors (Lipinski definition) is 3. The van der Waals surface area contributed by atoms with Crippen molar-refractivity contribution in [2.24, 2.45) is 0 Å². The van der Waals surface area contributed by atoms with Gasteiger partial charge < -0.3 is 15.4 Å². The van der Waals surface area contributed by atoms with Crippen LogP contribution in [-0.2, 0) is 14.8 Å². The van der Waals surface area contributed by atoms with Gasteiger partial charge in [0.1, 0.15) is 16.4 Å². The molecule has 0 fully saturated rings. The van der Waals surface area contributed by atoms with E-state index < -0.39 is 22.1 Å². The first kappa shape index (κ1) is 18.0. The zero-order valence-electron chi connectivity index (χ0n) is 14.6. The van der Waals surface area contributed by atoms with E-state index >= 15 is 0 Å². The van der Waals surface area contributed by atoms with Crippen LogP contribution in [0.2, 0.25) is 0 Å². The van der Waals surface area contributed by atoms with E-state index in [9.17, 15) is 13.2 Å². The molecule has 0 aromatic heterocycles. The van der Waals surface area contributed by atoms with Gasteiger partial charge in [-0.25, -0.2) is 8.42 Å². The predicted octanol–water partition coefficient (Wildman–Crippen LogP) is 3.15. The minimum Gasteiger partial charge on any atom is -0.457 e. The number of anilines is 2. The molecule has 1 aliphatic heterocycles. The molecule has 142 valence electrons. The molecule has 0 unspecified atom stereocenters. The molecule has 3 N–H and O–H groups in total. The lowest BCUT2D eigenvalue weighted by Gasteiger charge is -2.27. The Morgan fingerprint density at radius 3 is 2.25 bits per heavy atom. The van der Waals surface area contributed by atoms with Gasteiger partial charge >= 0.3 is 0 Å². The van der Waals surface area contributed by atoms with Crippen LogP contribution in [0.15, 0.2) is 83.8 Å². The number of ether oxygens (including phenoxy) is 1. The van der Waals surface area contributed by atoms with Gasteiger partial charge in [-0.3, -0.25) is 4.79 Å². The highest BCUT2D eigenvalue weighted by molar-refractivity contribution is 7.89. The Balaban J connectivity index is 1.44. The van der Waals surface area contributed by atoms with E-state index in [-0.39, 0.29) is 4.90 Å². The third-order valence-electron chi connectivity index (χ3n) is 4.11. The molecule has 0 saturated carbocycles. The number of amides is 1. The van der Waals surface area contributed by atoms with Gasteiger partial charge in [-0.1, -0.05) is 30.3 Å². The number of carbonyl (C=O) groups excluding carboxylic acids is 1. The van der Waals surface area contributed by atoms with Crippen LogP contribution in [0.4, 0.5) is 11.4 Å². The molecule has 1 amide bonds. The molecule has 8 heteroatoms. The second-order valence-corrected chi connectivity index (χ2v) is 7.81. The van der Waals surface area contributed by atoms with Crippen molar-refractivity contribution in [1.82, 2.24) is 4.72 Å². The second-order valence-electron chi connectivity index (χ2n) is 6.12. The van der Waals surface area contributed by atoms with Gasteiger partial charge in [0, 0.05) is 5.69 Å². The number of nitrogens with one attached hydrogen (secondary N) is 3. The van der Waals surface area contributed by atoms with Crippen molar-refractivity contribution >= 4 is 27.3 Å². The monoisotopic (exact) mass is 395 g/mol. The summed E-state index contributed by atoms with van der Waals surface area (Å²) in [7, 11) is -3.76. The SMILES string of the molecule is O=C(Nc1ccc(Oc2ccccc2)cc1)[C@H]1Nc2ccccc2S(=O)(=O)N1. The fourth-order valence-corrected chi connectivity index (χ4v) is 4.07. The number of rotatable bonds is 4. The first-order valence-electron chi connectivity index (χ1n) is 8.53. The minimum absolute atomic E-state index is 0.112. The summed E-state index contributed by atoms with van der Waals surface area (Å²) in [5.74, 6) is 0.809. The van der Waals surface area contributed by atoms with E-state index in [1.54, 1.807) is 42.5 Å². The van der Waals surface area contributed by atoms with E-state index in [1.165, 1.54) is 6.07 Å². The largest absolute Gasteiger partial charge is 0.457 e. The molecular weight excluding hydrogens is 378 g/mol. The number of benzene rings is 3. The third kappa shape index (κ3) is 3.83. The van der Waals surface area contributed by atoms with E-state index in [2.05, 4.69) is 15.4 Å². The molecule has 0 aliphatic carbocycles. The van der Waals surface area contributed by atoms with Crippen LogP contribution in [0.5, 0.6) is 11.5 Å². The minimum atomic E-state index is -3.76. The molecule has 7 nitrogen and oxygen atoms in total. The van der Waals surface area contributed by atoms with Gasteiger partial charge in [-0.2, -0.15) is 4.72 Å². The summed E-state index contributed by atoms with van der Waals surface area (Å²) < 4.78 is 32.7. The maximum atomic E-state index is 12.5. The first-order chi connectivity index (χ1) is 13.5. The molecule has 1 heterocycles. The third-order valence-corrected chi connectivity index (χ3v) is 5.59. The van der Waals surface area contributed by atoms with Crippen LogP contribution in [0.25, 0.3) is 0 Å². The number of sulfonamides is 1. The summed E-state index contributed by atoms with van der Waals surface area (Å²) in [6.07, 6.45) is -1.11. The lowest BCUT2D eigenvalue weighted by Crippen LogP contribution is -2.51. The first-order valence-corrected chi connectivity index (χ1v) is 10.0. The van der Waals surface area contributed by atoms with Gasteiger partial charge in [0.2, 0.25) is 10.0 Å². The normalized spacial score (nSPS) is 17.1. The van der Waals surface area contributed by atoms with Gasteiger partial charge in [0.15, 0.2) is 6.17 Å². The van der Waals surface area contributed by atoms with E-state index in [1.807, 2.05) is 30.3 Å². The fourth-order valence-electron chi connectivity index (χ4n) is 2.79. The summed E-state index contributed by atoms with van der Waals surface area (Å²) in [4.78, 5) is 12.6. The molecule has 0 bridgehead atoms. The van der Waals surface area contributed by atoms with Crippen LogP contribution in [0.1, 0.15) is 0 Å². The van der Waals surface area contributed by atoms with Crippen molar-refractivity contribution in [2.45, 2.75) is 11.1 Å². The summed E-state index contributed by atoms with van der Waals surface area (Å²) in [5, 5.41) is 5.58. The fraction of sp³-hybridized carbons (Fsp3) is 0.0500. The summed E-state index contributed by atoms with van der Waals surface area (Å²) >= 11 is 0. The van der Waals surface area contributed by atoms with E-state index in [0.29, 0.717) is 22.9 Å². The van der Waals surface area contributed by atoms with Crippen molar-refractivity contribution in [3.8, 4) is 11.5 Å². The number of carbonyl (C=O) groups is 1. The lowest BCUT2D eigenvalue weighted by molar-refractivity contribution is -0.117. The number of fused-ring (bicyclic) bond motifs is 1. The molecule has 1 atom stereocenters. The average molecular weight is 395 g/mol. The molecule has 0 radical (unpaired) electrons. The van der Waals surface area contributed by atoms with Gasteiger partial charge in [0.05, 0.1) is 5.69 Å². The molecule has 0 spiro atoms. The highest BCUT2D eigenvalue weighted by Gasteiger charge is 2.32. The Labute approximate surface area is 162 Å². The maximum absolute atomic E-state index is 12.5. The van der Waals surface area contributed by atoms with Crippen LogP contribution in [0, 0.1) is 0 Å². The van der Waals surface area contributed by atoms with Crippen molar-refractivity contribution in [3.05, 3.63) is 78.9 Å². The van der Waals surface area contributed by atoms with Gasteiger partial charge in [0.25, 0.3) is 5.91 Å². The van der Waals surface area contributed by atoms with Crippen LogP contribution >= 0.6 is 0 Å². The van der Waals surface area contributed by atoms with Crippen molar-refractivity contribution in [1.29, 1.82) is 0 Å². The number of hydrogen-bond acceptors (Lipinski definition) is 5. The zero-order chi connectivity index (χ0) is 19.6. The van der Waals surface area contributed by atoms with Crippen molar-refractivity contribution in [3.63, 3.8) is 0 Å². The molecule has 4 rings (SSSR count). The smallest absolute Gasteiger partial charge is 0.262 e. The van der Waals surface area contributed by atoms with Crippen molar-refractivity contribution in [2.75, 3.05) is 10.6 Å². The Hall–Kier alpha value is -3.36. The molecule has 1 aliphatic rings. The molecule has 3 aromatic carbocycles. The van der Waals surface area contributed by atoms with E-state index in [4.69, 9.17) is 4.74 Å². The lowest BCUT2D eigenvalue weighted by atomic mass is 10.2. The zero-order valence-corrected chi connectivity index (χ0v) is 15.4. The van der Waals surface area contributed by atoms with Crippen LogP contribution < -0.4 is 20.1 Å². The Morgan fingerprint density at radius 1 is 0.857 bits per heavy atom. The van der Waals surface area contributed by atoms with Crippen LogP contribution in [0.3, 0.4) is 0 Å². The maximum Gasteiger partial charge on any atom is 0.262 e. The van der Waals surface area contributed by atoms with E-state index in [0.717, 1.165) is 0 Å². The summed E-state index contributed by atoms with van der Waals surface area (Å²) in [5.41, 5.74) is 0.901. The summed E-state index contributed by atoms with van der Waals surface area (Å²) in [6, 6.07) is 22.6. The second kappa shape index (κ2) is 7.34. The number of para-hydroxylation sites is 2. The predicted molar refractivity (Wildman–Crippen MR) is 106 cm³/mol. The Morgan fingerprint density at radius 2 is 1.50 bits per heavy atom. The average Bonchev–Trinajstić information content (AvgIpc) is 2.70. The Bertz CT molecular complexity index is 1100. The molecule has 0 saturated heterocycles. The highest BCUT2D eigenvalue weighted by atomic mass is 32.2. The Kier molecular flexibility index (Phi) is 4.72. The van der Waals surface area contributed by atoms with Gasteiger partial charge in [-0.15, -0.1) is 0 Å². The van der Waals surface area contributed by atoms with Crippen molar-refractivity contribution < 1.29 is 17.9 Å². The topological polar surface area (TPSA) is 96.5 Å². The standard InChI is InChI=1S/C20H17N3O4S/c24-20(19-22-17-8-4-5-9-18(17)28(25,26)23-19)21-14-10-12-16(13-11-14)27-15-6-2-1-3-7-15/h1-13,19,22-23H,(H,21,24)/t19-/m0/s1. The quantitative estimate of drug-likeness (QED) is 0.631. The van der Waals surface area contributed by atoms with Gasteiger partial charge in [-0.05, 0) is 48.5 Å². The highest BCUT2D eigenvalue weighted by Crippen LogP contribution is 2.26. The molecule has 3 aromatic rings. The van der Waals surface area contributed by atoms with Crippen LogP contribution in [-0.4, -0.2) is 20.5 Å². The molecular formula is C20H17N3O4S. The molecule has 28 heavy (non-hydrogen) atoms.